The molecule has 2 N–H and O–H groups in total. The lowest BCUT2D eigenvalue weighted by Crippen LogP contribution is -2.48. The highest BCUT2D eigenvalue weighted by Crippen LogP contribution is 2.51. The van der Waals surface area contributed by atoms with E-state index in [1.165, 1.54) is 26.2 Å². The van der Waals surface area contributed by atoms with Gasteiger partial charge in [0.1, 0.15) is 34.5 Å². The lowest BCUT2D eigenvalue weighted by molar-refractivity contribution is -0.115. The van der Waals surface area contributed by atoms with Gasteiger partial charge in [-0.25, -0.2) is 39.5 Å². The van der Waals surface area contributed by atoms with Crippen molar-refractivity contribution in [3.8, 4) is 0 Å². The molecule has 2 fully saturated rings. The van der Waals surface area contributed by atoms with E-state index < -0.39 is 34.7 Å². The molecule has 0 unspecified atom stereocenters. The normalized spacial score (nSPS) is 17.3. The van der Waals surface area contributed by atoms with E-state index in [-0.39, 0.29) is 34.8 Å². The fraction of sp³-hybridized carbons (Fsp3) is 0.542. The largest absolute Gasteiger partial charge is 0.444 e. The number of anilines is 6. The molecule has 4 aliphatic heterocycles. The number of rotatable bonds is 6. The maximum atomic E-state index is 14.0. The monoisotopic (exact) mass is 976 g/mol. The Labute approximate surface area is 404 Å². The van der Waals surface area contributed by atoms with Crippen LogP contribution in [0.15, 0.2) is 49.1 Å². The minimum atomic E-state index is -3.19. The van der Waals surface area contributed by atoms with Gasteiger partial charge in [-0.15, -0.1) is 0 Å². The number of likely N-dealkylation sites (tertiary alicyclic amines) is 2. The number of hydrogen-bond acceptors (Lipinski definition) is 14. The summed E-state index contributed by atoms with van der Waals surface area (Å²) in [4.78, 5) is 80.1. The molecule has 4 amide bonds. The van der Waals surface area contributed by atoms with E-state index in [0.29, 0.717) is 88.2 Å². The summed E-state index contributed by atoms with van der Waals surface area (Å²) in [5, 5.41) is 5.36. The molecular formula is C48H60F4N12O6. The predicted octanol–water partition coefficient (Wildman–Crippen LogP) is 8.72. The molecule has 8 rings (SSSR count). The number of carbonyl (C=O) groups is 4. The summed E-state index contributed by atoms with van der Waals surface area (Å²) in [6.45, 7) is 18.2. The zero-order valence-electron chi connectivity index (χ0n) is 41.1. The average Bonchev–Trinajstić information content (AvgIpc) is 3.73. The number of piperidine rings is 2. The number of fused-ring (bicyclic) bond motifs is 4. The van der Waals surface area contributed by atoms with Gasteiger partial charge >= 0.3 is 24.0 Å². The van der Waals surface area contributed by atoms with Crippen molar-refractivity contribution in [2.45, 2.75) is 129 Å². The van der Waals surface area contributed by atoms with Gasteiger partial charge in [0.05, 0.1) is 11.4 Å². The van der Waals surface area contributed by atoms with E-state index in [1.54, 1.807) is 46.5 Å². The number of halogens is 4. The first-order valence-corrected chi connectivity index (χ1v) is 23.0. The SMILES string of the molecule is CC(=O)Nc1cc2c(cn1)C1(CCN(C(=O)OC(C)(C)C)CC1)CN2c1ccnc(C(C)(F)F)n1.CC(=O)Nc1cc2c(cn1)C1(CCN(C(=O)OC(C)(C)C)CC1)CN2c1ccnc(C(C)(F)F)n1. The minimum absolute atomic E-state index is 0.266. The molecule has 2 spiro atoms. The molecular weight excluding hydrogens is 917 g/mol. The molecule has 0 radical (unpaired) electrons. The summed E-state index contributed by atoms with van der Waals surface area (Å²) in [6.07, 6.45) is 7.93. The number of pyridine rings is 2. The number of amides is 4. The number of nitrogens with zero attached hydrogens (tertiary/aromatic N) is 10. The summed E-state index contributed by atoms with van der Waals surface area (Å²) in [6, 6.07) is 6.65. The van der Waals surface area contributed by atoms with Crippen LogP contribution in [-0.2, 0) is 41.7 Å². The zero-order chi connectivity index (χ0) is 51.2. The molecule has 70 heavy (non-hydrogen) atoms. The minimum Gasteiger partial charge on any atom is -0.444 e. The summed E-state index contributed by atoms with van der Waals surface area (Å²) in [5.41, 5.74) is 1.43. The van der Waals surface area contributed by atoms with Gasteiger partial charge in [-0.1, -0.05) is 0 Å². The number of alkyl halides is 4. The van der Waals surface area contributed by atoms with Gasteiger partial charge in [-0.05, 0) is 79.4 Å². The average molecular weight is 977 g/mol. The van der Waals surface area contributed by atoms with Crippen molar-refractivity contribution in [3.05, 3.63) is 71.8 Å². The fourth-order valence-corrected chi connectivity index (χ4v) is 9.17. The van der Waals surface area contributed by atoms with Crippen LogP contribution in [-0.4, -0.2) is 114 Å². The van der Waals surface area contributed by atoms with Crippen molar-refractivity contribution in [3.63, 3.8) is 0 Å². The Morgan fingerprint density at radius 3 is 1.21 bits per heavy atom. The van der Waals surface area contributed by atoms with E-state index >= 15 is 0 Å². The van der Waals surface area contributed by atoms with Gasteiger partial charge in [0, 0.05) is 126 Å². The molecule has 4 aromatic heterocycles. The van der Waals surface area contributed by atoms with Crippen LogP contribution in [0.25, 0.3) is 0 Å². The first-order chi connectivity index (χ1) is 32.5. The summed E-state index contributed by atoms with van der Waals surface area (Å²) < 4.78 is 66.9. The Hall–Kier alpha value is -6.74. The van der Waals surface area contributed by atoms with Gasteiger partial charge in [0.2, 0.25) is 23.5 Å². The summed E-state index contributed by atoms with van der Waals surface area (Å²) in [7, 11) is 0. The van der Waals surface area contributed by atoms with Crippen LogP contribution < -0.4 is 20.4 Å². The first kappa shape index (κ1) is 51.1. The highest BCUT2D eigenvalue weighted by molar-refractivity contribution is 5.89. The molecule has 0 aromatic carbocycles. The molecule has 0 saturated carbocycles. The van der Waals surface area contributed by atoms with E-state index in [4.69, 9.17) is 9.47 Å². The third-order valence-corrected chi connectivity index (χ3v) is 12.4. The number of ether oxygens (including phenoxy) is 2. The van der Waals surface area contributed by atoms with Crippen molar-refractivity contribution >= 4 is 58.6 Å². The van der Waals surface area contributed by atoms with Crippen LogP contribution >= 0.6 is 0 Å². The maximum Gasteiger partial charge on any atom is 0.410 e. The Morgan fingerprint density at radius 1 is 0.571 bits per heavy atom. The third-order valence-electron chi connectivity index (χ3n) is 12.4. The number of nitrogens with one attached hydrogen (secondary N) is 2. The quantitative estimate of drug-likeness (QED) is 0.174. The van der Waals surface area contributed by atoms with Crippen LogP contribution in [0.4, 0.5) is 61.8 Å². The van der Waals surface area contributed by atoms with Crippen LogP contribution in [0.3, 0.4) is 0 Å². The van der Waals surface area contributed by atoms with Crippen molar-refractivity contribution < 1.29 is 46.2 Å². The Kier molecular flexibility index (Phi) is 13.8. The lowest BCUT2D eigenvalue weighted by atomic mass is 9.75. The number of hydrogen-bond donors (Lipinski definition) is 2. The molecule has 0 aliphatic carbocycles. The van der Waals surface area contributed by atoms with Gasteiger partial charge < -0.3 is 39.7 Å². The van der Waals surface area contributed by atoms with Gasteiger partial charge in [0.15, 0.2) is 0 Å². The first-order valence-electron chi connectivity index (χ1n) is 23.0. The molecule has 2 saturated heterocycles. The van der Waals surface area contributed by atoms with Crippen molar-refractivity contribution in [1.29, 1.82) is 0 Å². The molecule has 4 aromatic rings. The van der Waals surface area contributed by atoms with Crippen LogP contribution in [0.2, 0.25) is 0 Å². The van der Waals surface area contributed by atoms with Crippen molar-refractivity contribution in [2.75, 3.05) is 59.7 Å². The molecule has 4 aliphatic rings. The van der Waals surface area contributed by atoms with Gasteiger partial charge in [-0.3, -0.25) is 9.59 Å². The number of carbonyl (C=O) groups excluding carboxylic acids is 4. The van der Waals surface area contributed by atoms with Gasteiger partial charge in [0.25, 0.3) is 0 Å². The second kappa shape index (κ2) is 18.9. The predicted molar refractivity (Wildman–Crippen MR) is 252 cm³/mol. The summed E-state index contributed by atoms with van der Waals surface area (Å²) in [5.74, 6) is -6.63. The zero-order valence-corrected chi connectivity index (χ0v) is 41.1. The van der Waals surface area contributed by atoms with E-state index in [9.17, 15) is 36.7 Å². The molecule has 0 atom stereocenters. The second-order valence-corrected chi connectivity index (χ2v) is 20.5. The van der Waals surface area contributed by atoms with Crippen molar-refractivity contribution in [1.82, 2.24) is 39.7 Å². The van der Waals surface area contributed by atoms with E-state index in [2.05, 4.69) is 40.5 Å². The topological polar surface area (TPSA) is 201 Å². The van der Waals surface area contributed by atoms with Crippen LogP contribution in [0.5, 0.6) is 0 Å². The Bertz CT molecular complexity index is 2450. The number of aromatic nitrogens is 6. The van der Waals surface area contributed by atoms with Crippen LogP contribution in [0.1, 0.15) is 118 Å². The Morgan fingerprint density at radius 2 is 0.914 bits per heavy atom. The highest BCUT2D eigenvalue weighted by atomic mass is 19.3. The van der Waals surface area contributed by atoms with Crippen LogP contribution in [0, 0.1) is 0 Å². The molecule has 376 valence electrons. The van der Waals surface area contributed by atoms with Crippen molar-refractivity contribution in [2.24, 2.45) is 0 Å². The van der Waals surface area contributed by atoms with E-state index in [1.807, 2.05) is 51.3 Å². The standard InChI is InChI=1S/2C24H30F2N6O3/c2*1-15(33)29-18-12-17-16(13-28-18)24(7-10-31(11-8-24)21(34)35-22(2,3)4)14-32(17)19-6-9-27-20(30-19)23(5,25)26/h2*6,9,12-13H,7-8,10-11,14H2,1-5H3,(H,28,29,33). The fourth-order valence-electron chi connectivity index (χ4n) is 9.17. The molecule has 8 heterocycles. The maximum absolute atomic E-state index is 14.0. The smallest absolute Gasteiger partial charge is 0.410 e. The Balaban J connectivity index is 0.000000206. The molecule has 0 bridgehead atoms. The van der Waals surface area contributed by atoms with Gasteiger partial charge in [-0.2, -0.15) is 17.6 Å². The third kappa shape index (κ3) is 11.5. The second-order valence-electron chi connectivity index (χ2n) is 20.5. The lowest BCUT2D eigenvalue weighted by Gasteiger charge is -2.40. The summed E-state index contributed by atoms with van der Waals surface area (Å²) >= 11 is 0. The van der Waals surface area contributed by atoms with E-state index in [0.717, 1.165) is 36.3 Å². The molecule has 18 nitrogen and oxygen atoms in total. The highest BCUT2D eigenvalue weighted by Gasteiger charge is 2.49. The molecule has 22 heteroatoms.